The molecule has 0 atom stereocenters. The first-order valence-electron chi connectivity index (χ1n) is 5.85. The summed E-state index contributed by atoms with van der Waals surface area (Å²) in [7, 11) is 0. The number of hydrogen-bond donors (Lipinski definition) is 2. The van der Waals surface area contributed by atoms with Gasteiger partial charge in [-0.15, -0.1) is 0 Å². The van der Waals surface area contributed by atoms with E-state index in [9.17, 15) is 41.7 Å². The number of aromatic amines is 2. The third kappa shape index (κ3) is 2.80. The van der Waals surface area contributed by atoms with Crippen LogP contribution >= 0.6 is 0 Å². The Labute approximate surface area is 127 Å². The Morgan fingerprint density at radius 2 is 1.33 bits per heavy atom. The van der Waals surface area contributed by atoms with Gasteiger partial charge in [0.2, 0.25) is 5.82 Å². The first kappa shape index (κ1) is 17.1. The van der Waals surface area contributed by atoms with Crippen LogP contribution in [0.3, 0.4) is 0 Å². The molecule has 1 heterocycles. The van der Waals surface area contributed by atoms with Crippen molar-refractivity contribution < 1.29 is 26.9 Å². The summed E-state index contributed by atoms with van der Waals surface area (Å²) in [6, 6.07) is 0. The molecular weight excluding hydrogens is 345 g/mol. The lowest BCUT2D eigenvalue weighted by atomic mass is 10.1. The van der Waals surface area contributed by atoms with E-state index in [4.69, 9.17) is 0 Å². The maximum Gasteiger partial charge on any atom is 0.357 e. The highest BCUT2D eigenvalue weighted by Crippen LogP contribution is 2.25. The van der Waals surface area contributed by atoms with Crippen molar-refractivity contribution >= 4 is 17.8 Å². The fourth-order valence-electron chi connectivity index (χ4n) is 1.73. The molecule has 0 unspecified atom stereocenters. The van der Waals surface area contributed by atoms with Crippen molar-refractivity contribution in [2.24, 2.45) is 0 Å². The van der Waals surface area contributed by atoms with Gasteiger partial charge in [-0.25, -0.2) is 26.7 Å². The second-order valence-corrected chi connectivity index (χ2v) is 4.24. The van der Waals surface area contributed by atoms with Gasteiger partial charge in [0.05, 0.1) is 10.5 Å². The van der Waals surface area contributed by atoms with Gasteiger partial charge in [-0.1, -0.05) is 0 Å². The monoisotopic (exact) mass is 349 g/mol. The summed E-state index contributed by atoms with van der Waals surface area (Å²) in [5.41, 5.74) is -5.97. The van der Waals surface area contributed by atoms with Crippen LogP contribution in [0.5, 0.6) is 0 Å². The lowest BCUT2D eigenvalue weighted by Crippen LogP contribution is -2.25. The molecule has 7 nitrogen and oxygen atoms in total. The van der Waals surface area contributed by atoms with Crippen molar-refractivity contribution in [3.63, 3.8) is 0 Å². The van der Waals surface area contributed by atoms with Gasteiger partial charge < -0.3 is 4.98 Å². The van der Waals surface area contributed by atoms with E-state index in [0.29, 0.717) is 12.2 Å². The highest BCUT2D eigenvalue weighted by Gasteiger charge is 2.25. The van der Waals surface area contributed by atoms with Crippen molar-refractivity contribution in [2.75, 3.05) is 0 Å². The van der Waals surface area contributed by atoms with Gasteiger partial charge in [0.1, 0.15) is 5.69 Å². The van der Waals surface area contributed by atoms with Crippen molar-refractivity contribution in [1.29, 1.82) is 0 Å². The van der Waals surface area contributed by atoms with Gasteiger partial charge in [0, 0.05) is 0 Å². The number of H-pyrrole nitrogens is 2. The minimum absolute atomic E-state index is 0.300. The Hall–Kier alpha value is -3.31. The molecule has 1 aromatic carbocycles. The van der Waals surface area contributed by atoms with Crippen LogP contribution in [0.4, 0.5) is 27.6 Å². The first-order chi connectivity index (χ1) is 11.1. The van der Waals surface area contributed by atoms with E-state index in [2.05, 4.69) is 0 Å². The second kappa shape index (κ2) is 6.06. The molecule has 0 saturated heterocycles. The van der Waals surface area contributed by atoms with Crippen molar-refractivity contribution in [1.82, 2.24) is 9.97 Å². The SMILES string of the molecule is O=c1[nH]c(C=Cc2c(F)c(F)c(F)c(F)c2F)c([N+](=O)[O-])c(=O)[nH]1. The van der Waals surface area contributed by atoms with Crippen molar-refractivity contribution in [3.8, 4) is 0 Å². The lowest BCUT2D eigenvalue weighted by Gasteiger charge is -2.04. The van der Waals surface area contributed by atoms with Crippen LogP contribution in [0.1, 0.15) is 11.3 Å². The highest BCUT2D eigenvalue weighted by atomic mass is 19.2. The Morgan fingerprint density at radius 1 is 0.833 bits per heavy atom. The Kier molecular flexibility index (Phi) is 4.31. The summed E-state index contributed by atoms with van der Waals surface area (Å²) in [5, 5.41) is 10.8. The molecule has 0 aliphatic carbocycles. The van der Waals surface area contributed by atoms with Crippen LogP contribution in [0, 0.1) is 39.2 Å². The number of benzene rings is 1. The molecule has 1 aromatic heterocycles. The van der Waals surface area contributed by atoms with Gasteiger partial charge in [-0.3, -0.25) is 19.9 Å². The number of aromatic nitrogens is 2. The zero-order valence-electron chi connectivity index (χ0n) is 11.1. The van der Waals surface area contributed by atoms with Crippen LogP contribution in [-0.4, -0.2) is 14.9 Å². The Morgan fingerprint density at radius 3 is 1.83 bits per heavy atom. The van der Waals surface area contributed by atoms with E-state index in [0.717, 1.165) is 0 Å². The topological polar surface area (TPSA) is 109 Å². The van der Waals surface area contributed by atoms with Gasteiger partial charge in [0.25, 0.3) is 0 Å². The summed E-state index contributed by atoms with van der Waals surface area (Å²) < 4.78 is 66.0. The van der Waals surface area contributed by atoms with E-state index in [1.165, 1.54) is 0 Å². The molecule has 24 heavy (non-hydrogen) atoms. The van der Waals surface area contributed by atoms with Crippen molar-refractivity contribution in [2.45, 2.75) is 0 Å². The first-order valence-corrected chi connectivity index (χ1v) is 5.85. The average Bonchev–Trinajstić information content (AvgIpc) is 2.50. The summed E-state index contributed by atoms with van der Waals surface area (Å²) in [6.45, 7) is 0. The van der Waals surface area contributed by atoms with Crippen LogP contribution < -0.4 is 11.2 Å². The number of rotatable bonds is 3. The molecule has 2 N–H and O–H groups in total. The summed E-state index contributed by atoms with van der Waals surface area (Å²) in [4.78, 5) is 35.3. The summed E-state index contributed by atoms with van der Waals surface area (Å²) >= 11 is 0. The number of hydrogen-bond acceptors (Lipinski definition) is 4. The van der Waals surface area contributed by atoms with E-state index in [-0.39, 0.29) is 0 Å². The van der Waals surface area contributed by atoms with Crippen LogP contribution in [-0.2, 0) is 0 Å². The van der Waals surface area contributed by atoms with Gasteiger partial charge in [0.15, 0.2) is 23.3 Å². The molecule has 2 aromatic rings. The normalized spacial score (nSPS) is 11.2. The number of halogens is 5. The second-order valence-electron chi connectivity index (χ2n) is 4.24. The van der Waals surface area contributed by atoms with Crippen LogP contribution in [0.25, 0.3) is 12.2 Å². The Bertz CT molecular complexity index is 966. The fourth-order valence-corrected chi connectivity index (χ4v) is 1.73. The minimum Gasteiger partial charge on any atom is -0.301 e. The van der Waals surface area contributed by atoms with E-state index < -0.39 is 62.2 Å². The summed E-state index contributed by atoms with van der Waals surface area (Å²) in [5.74, 6) is -11.2. The zero-order chi connectivity index (χ0) is 18.2. The molecule has 0 aliphatic rings. The van der Waals surface area contributed by atoms with E-state index in [1.807, 2.05) is 0 Å². The van der Waals surface area contributed by atoms with Gasteiger partial charge in [-0.05, 0) is 12.2 Å². The van der Waals surface area contributed by atoms with Crippen molar-refractivity contribution in [3.05, 3.63) is 71.3 Å². The molecule has 0 spiro atoms. The molecular formula is C12H4F5N3O4. The largest absolute Gasteiger partial charge is 0.357 e. The molecule has 0 radical (unpaired) electrons. The standard InChI is InChI=1S/C12H4F5N3O4/c13-5-3(6(14)8(16)9(17)7(5)15)1-2-4-10(20(23)24)11(21)19-12(22)18-4/h1-2H,(H2,18,19,21,22). The predicted octanol–water partition coefficient (Wildman–Crippen LogP) is 1.84. The third-order valence-corrected chi connectivity index (χ3v) is 2.79. The maximum absolute atomic E-state index is 13.5. The smallest absolute Gasteiger partial charge is 0.301 e. The average molecular weight is 349 g/mol. The quantitative estimate of drug-likeness (QED) is 0.290. The number of nitrogens with zero attached hydrogens (tertiary/aromatic N) is 1. The number of nitrogens with one attached hydrogen (secondary N) is 2. The molecule has 0 saturated carbocycles. The molecule has 0 aliphatic heterocycles. The molecule has 0 amide bonds. The highest BCUT2D eigenvalue weighted by molar-refractivity contribution is 5.72. The third-order valence-electron chi connectivity index (χ3n) is 2.79. The molecule has 0 fully saturated rings. The molecule has 0 bridgehead atoms. The molecule has 126 valence electrons. The van der Waals surface area contributed by atoms with Gasteiger partial charge in [-0.2, -0.15) is 0 Å². The number of nitro groups is 1. The molecule has 2 rings (SSSR count). The fraction of sp³-hybridized carbons (Fsp3) is 0. The van der Waals surface area contributed by atoms with Gasteiger partial charge >= 0.3 is 16.9 Å². The van der Waals surface area contributed by atoms with E-state index >= 15 is 0 Å². The molecule has 12 heteroatoms. The Balaban J connectivity index is 2.69. The lowest BCUT2D eigenvalue weighted by molar-refractivity contribution is -0.386. The van der Waals surface area contributed by atoms with Crippen LogP contribution in [0.2, 0.25) is 0 Å². The van der Waals surface area contributed by atoms with Crippen LogP contribution in [0.15, 0.2) is 9.59 Å². The maximum atomic E-state index is 13.5. The van der Waals surface area contributed by atoms with E-state index in [1.54, 1.807) is 9.97 Å². The zero-order valence-corrected chi connectivity index (χ0v) is 11.1. The predicted molar refractivity (Wildman–Crippen MR) is 69.5 cm³/mol. The minimum atomic E-state index is -2.38. The summed E-state index contributed by atoms with van der Waals surface area (Å²) in [6.07, 6.45) is 0.765.